The van der Waals surface area contributed by atoms with Gasteiger partial charge in [0.1, 0.15) is 6.29 Å². The molecule has 1 fully saturated rings. The van der Waals surface area contributed by atoms with Gasteiger partial charge in [-0.05, 0) is 25.7 Å². The van der Waals surface area contributed by atoms with Crippen LogP contribution in [0.1, 0.15) is 25.7 Å². The maximum absolute atomic E-state index is 10.8. The van der Waals surface area contributed by atoms with Crippen LogP contribution in [0.25, 0.3) is 0 Å². The highest BCUT2D eigenvalue weighted by atomic mass is 16.5. The molecule has 0 aromatic carbocycles. The summed E-state index contributed by atoms with van der Waals surface area (Å²) in [4.78, 5) is 10.8. The van der Waals surface area contributed by atoms with Crippen molar-refractivity contribution >= 4 is 6.29 Å². The Balaban J connectivity index is 2.42. The number of rotatable bonds is 4. The van der Waals surface area contributed by atoms with Gasteiger partial charge in [0.15, 0.2) is 0 Å². The molecule has 1 N–H and O–H groups in total. The van der Waals surface area contributed by atoms with Crippen molar-refractivity contribution in [3.63, 3.8) is 0 Å². The van der Waals surface area contributed by atoms with Crippen LogP contribution in [0.2, 0.25) is 0 Å². The fraction of sp³-hybridized carbons (Fsp3) is 0.889. The van der Waals surface area contributed by atoms with E-state index in [0.29, 0.717) is 13.0 Å². The normalized spacial score (nSPS) is 30.1. The van der Waals surface area contributed by atoms with Crippen LogP contribution in [0.3, 0.4) is 0 Å². The first-order valence-electron chi connectivity index (χ1n) is 4.48. The second-order valence-electron chi connectivity index (χ2n) is 3.46. The van der Waals surface area contributed by atoms with E-state index in [-0.39, 0.29) is 12.0 Å². The molecule has 12 heavy (non-hydrogen) atoms. The number of hydrogen-bond donors (Lipinski definition) is 1. The molecule has 0 aromatic heterocycles. The number of ether oxygens (including phenoxy) is 1. The summed E-state index contributed by atoms with van der Waals surface area (Å²) in [6.07, 6.45) is 4.33. The highest BCUT2D eigenvalue weighted by Crippen LogP contribution is 2.30. The van der Waals surface area contributed by atoms with Gasteiger partial charge in [0.2, 0.25) is 0 Å². The zero-order chi connectivity index (χ0) is 8.86. The zero-order valence-electron chi connectivity index (χ0n) is 7.29. The van der Waals surface area contributed by atoms with E-state index in [9.17, 15) is 4.79 Å². The second-order valence-corrected chi connectivity index (χ2v) is 3.46. The van der Waals surface area contributed by atoms with Crippen LogP contribution in [0.5, 0.6) is 0 Å². The molecule has 3 heteroatoms. The number of aldehydes is 1. The van der Waals surface area contributed by atoms with E-state index < -0.39 is 0 Å². The number of aliphatic hydroxyl groups excluding tert-OH is 1. The van der Waals surface area contributed by atoms with Gasteiger partial charge < -0.3 is 14.6 Å². The molecule has 0 radical (unpaired) electrons. The predicted octanol–water partition coefficient (Wildman–Crippen LogP) is 0.755. The summed E-state index contributed by atoms with van der Waals surface area (Å²) in [6, 6.07) is 0. The Morgan fingerprint density at radius 1 is 1.58 bits per heavy atom. The van der Waals surface area contributed by atoms with Gasteiger partial charge in [0, 0.05) is 18.6 Å². The van der Waals surface area contributed by atoms with Gasteiger partial charge in [-0.2, -0.15) is 0 Å². The van der Waals surface area contributed by atoms with Gasteiger partial charge in [0.25, 0.3) is 0 Å². The Bertz CT molecular complexity index is 139. The molecule has 70 valence electrons. The number of aliphatic hydroxyl groups is 1. The maximum atomic E-state index is 10.8. The van der Waals surface area contributed by atoms with Crippen LogP contribution in [0.15, 0.2) is 0 Å². The lowest BCUT2D eigenvalue weighted by molar-refractivity contribution is -0.124. The molecular weight excluding hydrogens is 156 g/mol. The minimum Gasteiger partial charge on any atom is -0.396 e. The molecule has 1 saturated heterocycles. The van der Waals surface area contributed by atoms with Gasteiger partial charge in [0.05, 0.1) is 6.61 Å². The monoisotopic (exact) mass is 172 g/mol. The number of carbonyl (C=O) groups excluding carboxylic acids is 1. The predicted molar refractivity (Wildman–Crippen MR) is 44.9 cm³/mol. The van der Waals surface area contributed by atoms with Crippen LogP contribution in [-0.2, 0) is 9.53 Å². The summed E-state index contributed by atoms with van der Waals surface area (Å²) in [5.74, 6) is 0. The van der Waals surface area contributed by atoms with Crippen molar-refractivity contribution in [3.05, 3.63) is 0 Å². The summed E-state index contributed by atoms with van der Waals surface area (Å²) >= 11 is 0. The molecular formula is C9H16O3. The van der Waals surface area contributed by atoms with E-state index in [1.54, 1.807) is 0 Å². The third-order valence-electron chi connectivity index (χ3n) is 2.44. The Morgan fingerprint density at radius 2 is 2.42 bits per heavy atom. The van der Waals surface area contributed by atoms with E-state index in [0.717, 1.165) is 32.2 Å². The molecule has 0 amide bonds. The Morgan fingerprint density at radius 3 is 2.92 bits per heavy atom. The summed E-state index contributed by atoms with van der Waals surface area (Å²) in [7, 11) is 0. The molecule has 0 bridgehead atoms. The van der Waals surface area contributed by atoms with Crippen molar-refractivity contribution in [1.82, 2.24) is 0 Å². The summed E-state index contributed by atoms with van der Waals surface area (Å²) in [5, 5.41) is 8.65. The van der Waals surface area contributed by atoms with Gasteiger partial charge >= 0.3 is 0 Å². The van der Waals surface area contributed by atoms with Gasteiger partial charge in [-0.1, -0.05) is 0 Å². The van der Waals surface area contributed by atoms with E-state index in [1.807, 2.05) is 0 Å². The molecule has 1 aliphatic heterocycles. The van der Waals surface area contributed by atoms with Crippen LogP contribution < -0.4 is 0 Å². The fourth-order valence-electron chi connectivity index (χ4n) is 1.65. The highest BCUT2D eigenvalue weighted by Gasteiger charge is 2.31. The summed E-state index contributed by atoms with van der Waals surface area (Å²) in [5.41, 5.74) is -0.291. The average molecular weight is 172 g/mol. The average Bonchev–Trinajstić information content (AvgIpc) is 2.16. The quantitative estimate of drug-likeness (QED) is 0.637. The zero-order valence-corrected chi connectivity index (χ0v) is 7.29. The van der Waals surface area contributed by atoms with Crippen molar-refractivity contribution in [2.75, 3.05) is 19.8 Å². The number of carbonyl (C=O) groups is 1. The largest absolute Gasteiger partial charge is 0.396 e. The van der Waals surface area contributed by atoms with Crippen LogP contribution >= 0.6 is 0 Å². The summed E-state index contributed by atoms with van der Waals surface area (Å²) in [6.45, 7) is 1.47. The van der Waals surface area contributed by atoms with Crippen molar-refractivity contribution in [3.8, 4) is 0 Å². The first kappa shape index (κ1) is 9.68. The molecule has 3 nitrogen and oxygen atoms in total. The SMILES string of the molecule is O=CC1(CCCO)CCCOC1. The van der Waals surface area contributed by atoms with Crippen LogP contribution in [0, 0.1) is 5.41 Å². The fourth-order valence-corrected chi connectivity index (χ4v) is 1.65. The lowest BCUT2D eigenvalue weighted by Crippen LogP contribution is -2.33. The summed E-state index contributed by atoms with van der Waals surface area (Å²) < 4.78 is 5.26. The van der Waals surface area contributed by atoms with Crippen LogP contribution in [0.4, 0.5) is 0 Å². The number of hydrogen-bond acceptors (Lipinski definition) is 3. The van der Waals surface area contributed by atoms with Gasteiger partial charge in [-0.3, -0.25) is 0 Å². The molecule has 0 aromatic rings. The first-order valence-corrected chi connectivity index (χ1v) is 4.48. The first-order chi connectivity index (χ1) is 5.83. The Labute approximate surface area is 72.7 Å². The highest BCUT2D eigenvalue weighted by molar-refractivity contribution is 5.59. The Kier molecular flexibility index (Phi) is 3.69. The molecule has 0 saturated carbocycles. The van der Waals surface area contributed by atoms with Gasteiger partial charge in [-0.25, -0.2) is 0 Å². The second kappa shape index (κ2) is 4.58. The molecule has 1 aliphatic rings. The molecule has 1 heterocycles. The van der Waals surface area contributed by atoms with E-state index >= 15 is 0 Å². The lowest BCUT2D eigenvalue weighted by Gasteiger charge is -2.31. The Hall–Kier alpha value is -0.410. The van der Waals surface area contributed by atoms with Crippen molar-refractivity contribution in [1.29, 1.82) is 0 Å². The standard InChI is InChI=1S/C9H16O3/c10-5-1-3-9(7-11)4-2-6-12-8-9/h7,10H,1-6,8H2. The molecule has 1 rings (SSSR count). The van der Waals surface area contributed by atoms with Crippen LogP contribution in [-0.4, -0.2) is 31.2 Å². The van der Waals surface area contributed by atoms with E-state index in [2.05, 4.69) is 0 Å². The third kappa shape index (κ3) is 2.29. The maximum Gasteiger partial charge on any atom is 0.128 e. The van der Waals surface area contributed by atoms with Gasteiger partial charge in [-0.15, -0.1) is 0 Å². The molecule has 1 unspecified atom stereocenters. The smallest absolute Gasteiger partial charge is 0.128 e. The van der Waals surface area contributed by atoms with Crippen molar-refractivity contribution in [2.45, 2.75) is 25.7 Å². The third-order valence-corrected chi connectivity index (χ3v) is 2.44. The molecule has 0 aliphatic carbocycles. The van der Waals surface area contributed by atoms with Crippen molar-refractivity contribution in [2.24, 2.45) is 5.41 Å². The minimum absolute atomic E-state index is 0.162. The van der Waals surface area contributed by atoms with Crippen molar-refractivity contribution < 1.29 is 14.6 Å². The lowest BCUT2D eigenvalue weighted by atomic mass is 9.80. The van der Waals surface area contributed by atoms with E-state index in [4.69, 9.17) is 9.84 Å². The molecule has 0 spiro atoms. The minimum atomic E-state index is -0.291. The topological polar surface area (TPSA) is 46.5 Å². The molecule has 1 atom stereocenters. The van der Waals surface area contributed by atoms with E-state index in [1.165, 1.54) is 0 Å².